The largest absolute Gasteiger partial charge is 0.375 e. The summed E-state index contributed by atoms with van der Waals surface area (Å²) in [6.07, 6.45) is 7.97. The van der Waals surface area contributed by atoms with Crippen LogP contribution < -0.4 is 5.32 Å². The van der Waals surface area contributed by atoms with Crippen LogP contribution in [0.25, 0.3) is 0 Å². The average Bonchev–Trinajstić information content (AvgIpc) is 2.48. The molecule has 1 aromatic rings. The third-order valence-electron chi connectivity index (χ3n) is 4.49. The van der Waals surface area contributed by atoms with Gasteiger partial charge in [0.25, 0.3) is 0 Å². The van der Waals surface area contributed by atoms with Crippen molar-refractivity contribution in [3.8, 4) is 0 Å². The highest BCUT2D eigenvalue weighted by Gasteiger charge is 2.41. The molecule has 7 nitrogen and oxygen atoms in total. The number of hydrogen-bond acceptors (Lipinski definition) is 6. The monoisotopic (exact) mass is 326 g/mol. The highest BCUT2D eigenvalue weighted by molar-refractivity contribution is 7.88. The number of anilines is 1. The van der Waals surface area contributed by atoms with Crippen molar-refractivity contribution < 1.29 is 13.2 Å². The third kappa shape index (κ3) is 3.56. The maximum Gasteiger partial charge on any atom is 0.222 e. The SMILES string of the molecule is CS(=O)(=O)N1CCC2(CC1)CC(Nc1ncccn1)CCO2. The minimum absolute atomic E-state index is 0.216. The van der Waals surface area contributed by atoms with E-state index in [0.29, 0.717) is 25.6 Å². The number of nitrogens with one attached hydrogen (secondary N) is 1. The Balaban J connectivity index is 1.61. The number of hydrogen-bond donors (Lipinski definition) is 1. The Morgan fingerprint density at radius 3 is 2.64 bits per heavy atom. The molecule has 1 spiro atoms. The number of aromatic nitrogens is 2. The van der Waals surface area contributed by atoms with Crippen molar-refractivity contribution in [3.63, 3.8) is 0 Å². The van der Waals surface area contributed by atoms with Gasteiger partial charge in [0.2, 0.25) is 16.0 Å². The first kappa shape index (κ1) is 15.6. The Bertz CT molecular complexity index is 600. The van der Waals surface area contributed by atoms with Crippen LogP contribution in [0, 0.1) is 0 Å². The summed E-state index contributed by atoms with van der Waals surface area (Å²) in [6, 6.07) is 2.05. The number of nitrogens with zero attached hydrogens (tertiary/aromatic N) is 3. The van der Waals surface area contributed by atoms with E-state index in [4.69, 9.17) is 4.74 Å². The lowest BCUT2D eigenvalue weighted by atomic mass is 9.83. The maximum absolute atomic E-state index is 11.6. The van der Waals surface area contributed by atoms with Crippen molar-refractivity contribution in [2.24, 2.45) is 0 Å². The summed E-state index contributed by atoms with van der Waals surface area (Å²) in [5.41, 5.74) is -0.216. The van der Waals surface area contributed by atoms with Gasteiger partial charge in [-0.05, 0) is 31.7 Å². The first-order valence-corrected chi connectivity index (χ1v) is 9.44. The fraction of sp³-hybridized carbons (Fsp3) is 0.714. The molecular weight excluding hydrogens is 304 g/mol. The second kappa shape index (κ2) is 6.10. The van der Waals surface area contributed by atoms with Gasteiger partial charge < -0.3 is 10.1 Å². The molecule has 22 heavy (non-hydrogen) atoms. The molecule has 2 fully saturated rings. The van der Waals surface area contributed by atoms with Crippen molar-refractivity contribution in [2.45, 2.75) is 37.3 Å². The van der Waals surface area contributed by atoms with E-state index in [1.807, 2.05) is 0 Å². The summed E-state index contributed by atoms with van der Waals surface area (Å²) >= 11 is 0. The molecule has 3 heterocycles. The van der Waals surface area contributed by atoms with Gasteiger partial charge in [-0.15, -0.1) is 0 Å². The Hall–Kier alpha value is -1.25. The first-order chi connectivity index (χ1) is 10.5. The molecular formula is C14H22N4O3S. The zero-order chi connectivity index (χ0) is 15.6. The molecule has 0 amide bonds. The van der Waals surface area contributed by atoms with Gasteiger partial charge in [-0.2, -0.15) is 0 Å². The molecule has 1 aromatic heterocycles. The van der Waals surface area contributed by atoms with Crippen molar-refractivity contribution in [3.05, 3.63) is 18.5 Å². The Kier molecular flexibility index (Phi) is 4.33. The predicted molar refractivity (Wildman–Crippen MR) is 83.0 cm³/mol. The van der Waals surface area contributed by atoms with Crippen molar-refractivity contribution in [1.29, 1.82) is 0 Å². The van der Waals surface area contributed by atoms with Crippen LogP contribution in [-0.4, -0.2) is 60.3 Å². The fourth-order valence-corrected chi connectivity index (χ4v) is 4.13. The van der Waals surface area contributed by atoms with E-state index < -0.39 is 10.0 Å². The van der Waals surface area contributed by atoms with Gasteiger partial charge in [0.1, 0.15) is 0 Å². The van der Waals surface area contributed by atoms with E-state index in [9.17, 15) is 8.42 Å². The second-order valence-corrected chi connectivity index (χ2v) is 8.08. The van der Waals surface area contributed by atoms with Crippen LogP contribution in [0.2, 0.25) is 0 Å². The number of rotatable bonds is 3. The molecule has 1 N–H and O–H groups in total. The Morgan fingerprint density at radius 1 is 1.32 bits per heavy atom. The van der Waals surface area contributed by atoms with Gasteiger partial charge in [-0.25, -0.2) is 22.7 Å². The minimum atomic E-state index is -3.10. The second-order valence-electron chi connectivity index (χ2n) is 6.10. The lowest BCUT2D eigenvalue weighted by molar-refractivity contribution is -0.106. The van der Waals surface area contributed by atoms with Crippen LogP contribution in [0.15, 0.2) is 18.5 Å². The van der Waals surface area contributed by atoms with Crippen LogP contribution in [0.5, 0.6) is 0 Å². The topological polar surface area (TPSA) is 84.4 Å². The Labute approximate surface area is 131 Å². The number of ether oxygens (including phenoxy) is 1. The molecule has 2 saturated heterocycles. The number of sulfonamides is 1. The van der Waals surface area contributed by atoms with Gasteiger partial charge >= 0.3 is 0 Å². The molecule has 0 radical (unpaired) electrons. The molecule has 0 aliphatic carbocycles. The molecule has 1 atom stereocenters. The first-order valence-electron chi connectivity index (χ1n) is 7.60. The Morgan fingerprint density at radius 2 is 2.00 bits per heavy atom. The summed E-state index contributed by atoms with van der Waals surface area (Å²) in [5.74, 6) is 0.637. The highest BCUT2D eigenvalue weighted by Crippen LogP contribution is 2.36. The smallest absolute Gasteiger partial charge is 0.222 e. The maximum atomic E-state index is 11.6. The predicted octanol–water partition coefficient (Wildman–Crippen LogP) is 0.862. The van der Waals surface area contributed by atoms with Gasteiger partial charge in [0.05, 0.1) is 11.9 Å². The van der Waals surface area contributed by atoms with E-state index in [1.165, 1.54) is 6.26 Å². The lowest BCUT2D eigenvalue weighted by Gasteiger charge is -2.45. The van der Waals surface area contributed by atoms with E-state index in [1.54, 1.807) is 22.8 Å². The molecule has 1 unspecified atom stereocenters. The van der Waals surface area contributed by atoms with Crippen molar-refractivity contribution in [2.75, 3.05) is 31.3 Å². The average molecular weight is 326 g/mol. The number of piperidine rings is 1. The summed E-state index contributed by atoms with van der Waals surface area (Å²) in [6.45, 7) is 1.75. The van der Waals surface area contributed by atoms with Crippen LogP contribution in [0.3, 0.4) is 0 Å². The summed E-state index contributed by atoms with van der Waals surface area (Å²) in [7, 11) is -3.10. The molecule has 0 saturated carbocycles. The summed E-state index contributed by atoms with van der Waals surface area (Å²) in [5, 5.41) is 3.36. The quantitative estimate of drug-likeness (QED) is 0.887. The zero-order valence-corrected chi connectivity index (χ0v) is 13.6. The van der Waals surface area contributed by atoms with E-state index >= 15 is 0 Å². The van der Waals surface area contributed by atoms with E-state index in [-0.39, 0.29) is 11.6 Å². The highest BCUT2D eigenvalue weighted by atomic mass is 32.2. The van der Waals surface area contributed by atoms with E-state index in [0.717, 1.165) is 25.7 Å². The molecule has 2 aliphatic heterocycles. The lowest BCUT2D eigenvalue weighted by Crippen LogP contribution is -2.52. The van der Waals surface area contributed by atoms with Crippen LogP contribution in [-0.2, 0) is 14.8 Å². The molecule has 0 aromatic carbocycles. The normalized spacial score (nSPS) is 26.0. The molecule has 0 bridgehead atoms. The minimum Gasteiger partial charge on any atom is -0.375 e. The zero-order valence-electron chi connectivity index (χ0n) is 12.7. The molecule has 8 heteroatoms. The molecule has 2 aliphatic rings. The van der Waals surface area contributed by atoms with Crippen molar-refractivity contribution in [1.82, 2.24) is 14.3 Å². The fourth-order valence-electron chi connectivity index (χ4n) is 3.28. The summed E-state index contributed by atoms with van der Waals surface area (Å²) in [4.78, 5) is 8.40. The van der Waals surface area contributed by atoms with Crippen LogP contribution in [0.4, 0.5) is 5.95 Å². The van der Waals surface area contributed by atoms with Gasteiger partial charge in [-0.3, -0.25) is 0 Å². The third-order valence-corrected chi connectivity index (χ3v) is 5.80. The molecule has 122 valence electrons. The summed E-state index contributed by atoms with van der Waals surface area (Å²) < 4.78 is 30.8. The van der Waals surface area contributed by atoms with Gasteiger partial charge in [0, 0.05) is 38.1 Å². The molecule has 3 rings (SSSR count). The van der Waals surface area contributed by atoms with Crippen LogP contribution >= 0.6 is 0 Å². The van der Waals surface area contributed by atoms with Gasteiger partial charge in [-0.1, -0.05) is 0 Å². The standard InChI is InChI=1S/C14H22N4O3S/c1-22(19,20)18-8-4-14(5-9-18)11-12(3-10-21-14)17-13-15-6-2-7-16-13/h2,6-7,12H,3-5,8-11H2,1H3,(H,15,16,17). The van der Waals surface area contributed by atoms with E-state index in [2.05, 4.69) is 15.3 Å². The van der Waals surface area contributed by atoms with Crippen molar-refractivity contribution >= 4 is 16.0 Å². The van der Waals surface area contributed by atoms with Crippen LogP contribution in [0.1, 0.15) is 25.7 Å². The van der Waals surface area contributed by atoms with Gasteiger partial charge in [0.15, 0.2) is 0 Å².